The Balaban J connectivity index is 1.71. The van der Waals surface area contributed by atoms with E-state index in [0.29, 0.717) is 11.4 Å². The van der Waals surface area contributed by atoms with Crippen LogP contribution in [0.1, 0.15) is 62.1 Å². The molecule has 0 spiro atoms. The van der Waals surface area contributed by atoms with Crippen LogP contribution < -0.4 is 9.62 Å². The maximum absolute atomic E-state index is 14.2. The van der Waals surface area contributed by atoms with E-state index in [1.54, 1.807) is 36.4 Å². The van der Waals surface area contributed by atoms with Crippen LogP contribution >= 0.6 is 11.6 Å². The summed E-state index contributed by atoms with van der Waals surface area (Å²) in [5.74, 6) is -0.682. The first-order valence-corrected chi connectivity index (χ1v) is 16.4. The summed E-state index contributed by atoms with van der Waals surface area (Å²) in [6.45, 7) is 5.36. The molecule has 1 fully saturated rings. The predicted molar refractivity (Wildman–Crippen MR) is 168 cm³/mol. The Kier molecular flexibility index (Phi) is 10.7. The molecule has 4 rings (SSSR count). The van der Waals surface area contributed by atoms with Gasteiger partial charge in [0.2, 0.25) is 11.8 Å². The zero-order chi connectivity index (χ0) is 30.3. The summed E-state index contributed by atoms with van der Waals surface area (Å²) >= 11 is 6.41. The molecular formula is C33H40ClN3O4S. The summed E-state index contributed by atoms with van der Waals surface area (Å²) < 4.78 is 29.0. The fourth-order valence-corrected chi connectivity index (χ4v) is 6.94. The van der Waals surface area contributed by atoms with Crippen LogP contribution in [0.4, 0.5) is 5.69 Å². The molecule has 0 bridgehead atoms. The van der Waals surface area contributed by atoms with Crippen molar-refractivity contribution in [1.29, 1.82) is 0 Å². The number of nitrogens with zero attached hydrogens (tertiary/aromatic N) is 2. The average Bonchev–Trinajstić information content (AvgIpc) is 2.99. The number of hydrogen-bond donors (Lipinski definition) is 1. The zero-order valence-electron chi connectivity index (χ0n) is 24.6. The molecule has 0 saturated heterocycles. The Bertz CT molecular complexity index is 1470. The molecule has 1 aliphatic rings. The molecule has 0 heterocycles. The molecule has 42 heavy (non-hydrogen) atoms. The first-order valence-electron chi connectivity index (χ1n) is 14.6. The summed E-state index contributed by atoms with van der Waals surface area (Å²) in [5, 5.41) is 3.56. The molecule has 3 aromatic rings. The van der Waals surface area contributed by atoms with Crippen molar-refractivity contribution in [2.45, 2.75) is 82.8 Å². The lowest BCUT2D eigenvalue weighted by molar-refractivity contribution is -0.140. The molecular weight excluding hydrogens is 570 g/mol. The molecule has 1 N–H and O–H groups in total. The lowest BCUT2D eigenvalue weighted by Crippen LogP contribution is -2.54. The SMILES string of the molecule is CC[C@H](C(=O)NC1CCCCC1)N(Cc1ccc(C)cc1)C(=O)CN(c1ccc(C)c(Cl)c1)S(=O)(=O)c1ccccc1. The van der Waals surface area contributed by atoms with Crippen LogP contribution in [0.25, 0.3) is 0 Å². The Morgan fingerprint density at radius 3 is 2.24 bits per heavy atom. The first kappa shape index (κ1) is 31.6. The largest absolute Gasteiger partial charge is 0.352 e. The van der Waals surface area contributed by atoms with Crippen molar-refractivity contribution in [3.05, 3.63) is 94.5 Å². The lowest BCUT2D eigenvalue weighted by Gasteiger charge is -2.34. The molecule has 9 heteroatoms. The van der Waals surface area contributed by atoms with E-state index in [1.165, 1.54) is 17.0 Å². The minimum absolute atomic E-state index is 0.0571. The second-order valence-electron chi connectivity index (χ2n) is 11.0. The van der Waals surface area contributed by atoms with Crippen LogP contribution in [0, 0.1) is 13.8 Å². The van der Waals surface area contributed by atoms with Crippen molar-refractivity contribution < 1.29 is 18.0 Å². The van der Waals surface area contributed by atoms with Crippen LogP contribution in [-0.4, -0.2) is 43.8 Å². The Morgan fingerprint density at radius 2 is 1.62 bits per heavy atom. The van der Waals surface area contributed by atoms with Crippen molar-refractivity contribution in [2.75, 3.05) is 10.8 Å². The van der Waals surface area contributed by atoms with E-state index in [2.05, 4.69) is 5.32 Å². The third-order valence-corrected chi connectivity index (χ3v) is 10.1. The van der Waals surface area contributed by atoms with E-state index in [9.17, 15) is 18.0 Å². The van der Waals surface area contributed by atoms with Crippen molar-refractivity contribution in [3.63, 3.8) is 0 Å². The van der Waals surface area contributed by atoms with Crippen molar-refractivity contribution in [2.24, 2.45) is 0 Å². The maximum atomic E-state index is 14.2. The zero-order valence-corrected chi connectivity index (χ0v) is 26.1. The van der Waals surface area contributed by atoms with Gasteiger partial charge in [-0.2, -0.15) is 0 Å². The minimum Gasteiger partial charge on any atom is -0.352 e. The summed E-state index contributed by atoms with van der Waals surface area (Å²) in [5.41, 5.74) is 3.00. The van der Waals surface area contributed by atoms with Gasteiger partial charge >= 0.3 is 0 Å². The first-order chi connectivity index (χ1) is 20.1. The standard InChI is InChI=1S/C33H40ClN3O4S/c1-4-31(33(39)35-27-11-7-5-8-12-27)36(22-26-18-15-24(2)16-19-26)32(38)23-37(28-20-17-25(3)30(34)21-28)42(40,41)29-13-9-6-10-14-29/h6,9-10,13-21,27,31H,4-5,7-8,11-12,22-23H2,1-3H3,(H,35,39)/t31-/m1/s1. The maximum Gasteiger partial charge on any atom is 0.264 e. The van der Waals surface area contributed by atoms with Crippen molar-refractivity contribution in [1.82, 2.24) is 10.2 Å². The molecule has 0 aromatic heterocycles. The molecule has 1 aliphatic carbocycles. The van der Waals surface area contributed by atoms with Gasteiger partial charge in [0.1, 0.15) is 12.6 Å². The molecule has 0 radical (unpaired) electrons. The molecule has 0 unspecified atom stereocenters. The van der Waals surface area contributed by atoms with Gasteiger partial charge in [-0.1, -0.05) is 91.9 Å². The molecule has 1 atom stereocenters. The molecule has 224 valence electrons. The van der Waals surface area contributed by atoms with Gasteiger partial charge < -0.3 is 10.2 Å². The topological polar surface area (TPSA) is 86.8 Å². The molecule has 1 saturated carbocycles. The number of aryl methyl sites for hydroxylation is 2. The summed E-state index contributed by atoms with van der Waals surface area (Å²) in [6.07, 6.45) is 5.53. The number of anilines is 1. The summed E-state index contributed by atoms with van der Waals surface area (Å²) in [4.78, 5) is 29.4. The fourth-order valence-electron chi connectivity index (χ4n) is 5.34. The minimum atomic E-state index is -4.14. The Morgan fingerprint density at radius 1 is 0.952 bits per heavy atom. The van der Waals surface area contributed by atoms with E-state index in [0.717, 1.165) is 53.1 Å². The quantitative estimate of drug-likeness (QED) is 0.272. The number of carbonyl (C=O) groups is 2. The average molecular weight is 610 g/mol. The number of amides is 2. The Labute approximate surface area is 254 Å². The third kappa shape index (κ3) is 7.72. The van der Waals surface area contributed by atoms with E-state index in [-0.39, 0.29) is 29.1 Å². The van der Waals surface area contributed by atoms with E-state index < -0.39 is 28.5 Å². The number of sulfonamides is 1. The number of hydrogen-bond acceptors (Lipinski definition) is 4. The number of carbonyl (C=O) groups excluding carboxylic acids is 2. The van der Waals surface area contributed by atoms with Gasteiger partial charge in [-0.3, -0.25) is 13.9 Å². The van der Waals surface area contributed by atoms with E-state index in [4.69, 9.17) is 11.6 Å². The highest BCUT2D eigenvalue weighted by Crippen LogP contribution is 2.29. The molecule has 3 aromatic carbocycles. The van der Waals surface area contributed by atoms with Gasteiger partial charge in [-0.15, -0.1) is 0 Å². The van der Waals surface area contributed by atoms with Crippen molar-refractivity contribution >= 4 is 39.1 Å². The highest BCUT2D eigenvalue weighted by molar-refractivity contribution is 7.92. The molecule has 7 nitrogen and oxygen atoms in total. The lowest BCUT2D eigenvalue weighted by atomic mass is 9.95. The predicted octanol–water partition coefficient (Wildman–Crippen LogP) is 6.41. The highest BCUT2D eigenvalue weighted by Gasteiger charge is 2.34. The third-order valence-electron chi connectivity index (χ3n) is 7.86. The second-order valence-corrected chi connectivity index (χ2v) is 13.3. The number of benzene rings is 3. The highest BCUT2D eigenvalue weighted by atomic mass is 35.5. The van der Waals surface area contributed by atoms with Crippen LogP contribution in [0.5, 0.6) is 0 Å². The fraction of sp³-hybridized carbons (Fsp3) is 0.394. The smallest absolute Gasteiger partial charge is 0.264 e. The number of nitrogens with one attached hydrogen (secondary N) is 1. The van der Waals surface area contributed by atoms with Crippen molar-refractivity contribution in [3.8, 4) is 0 Å². The van der Waals surface area contributed by atoms with Crippen LogP contribution in [0.2, 0.25) is 5.02 Å². The molecule has 2 amide bonds. The summed E-state index contributed by atoms with van der Waals surface area (Å²) in [6, 6.07) is 20.0. The monoisotopic (exact) mass is 609 g/mol. The van der Waals surface area contributed by atoms with Crippen LogP contribution in [0.3, 0.4) is 0 Å². The molecule has 0 aliphatic heterocycles. The van der Waals surface area contributed by atoms with Crippen LogP contribution in [0.15, 0.2) is 77.7 Å². The summed E-state index contributed by atoms with van der Waals surface area (Å²) in [7, 11) is -4.14. The Hall–Kier alpha value is -3.36. The van der Waals surface area contributed by atoms with Gasteiger partial charge in [0.25, 0.3) is 10.0 Å². The number of rotatable bonds is 11. The van der Waals surface area contributed by atoms with Crippen LogP contribution in [-0.2, 0) is 26.2 Å². The van der Waals surface area contributed by atoms with E-state index in [1.807, 2.05) is 45.0 Å². The number of halogens is 1. The van der Waals surface area contributed by atoms with Gasteiger partial charge in [-0.05, 0) is 68.5 Å². The normalized spacial score (nSPS) is 14.7. The second kappa shape index (κ2) is 14.2. The van der Waals surface area contributed by atoms with Gasteiger partial charge in [-0.25, -0.2) is 8.42 Å². The van der Waals surface area contributed by atoms with E-state index >= 15 is 0 Å². The van der Waals surface area contributed by atoms with Gasteiger partial charge in [0.15, 0.2) is 0 Å². The van der Waals surface area contributed by atoms with Gasteiger partial charge in [0.05, 0.1) is 10.6 Å². The van der Waals surface area contributed by atoms with Gasteiger partial charge in [0, 0.05) is 17.6 Å².